The summed E-state index contributed by atoms with van der Waals surface area (Å²) in [7, 11) is 0. The number of carbonyl (C=O) groups excluding carboxylic acids is 1. The van der Waals surface area contributed by atoms with Gasteiger partial charge in [0.05, 0.1) is 38.6 Å². The Labute approximate surface area is 583 Å². The van der Waals surface area contributed by atoms with E-state index in [-0.39, 0.29) is 18.9 Å². The Hall–Kier alpha value is -1.21. The summed E-state index contributed by atoms with van der Waals surface area (Å²) in [5, 5.41) is 121. The van der Waals surface area contributed by atoms with Gasteiger partial charge in [-0.2, -0.15) is 0 Å². The summed E-state index contributed by atoms with van der Waals surface area (Å²) in [6.07, 6.45) is 40.6. The van der Waals surface area contributed by atoms with Crippen LogP contribution < -0.4 is 5.32 Å². The molecular weight excluding hydrogens is 1230 g/mol. The van der Waals surface area contributed by atoms with E-state index < -0.39 is 124 Å². The third kappa shape index (κ3) is 39.4. The molecule has 0 radical (unpaired) electrons. The molecule has 0 spiro atoms. The van der Waals surface area contributed by atoms with E-state index in [1.54, 1.807) is 0 Å². The van der Waals surface area contributed by atoms with Gasteiger partial charge in [-0.3, -0.25) is 4.79 Å². The number of ether oxygens (including phenoxy) is 6. The topological polar surface area (TPSA) is 307 Å². The second-order valence-corrected chi connectivity index (χ2v) is 29.2. The summed E-state index contributed by atoms with van der Waals surface area (Å²) in [6.45, 7) is 1.87. The molecule has 19 nitrogen and oxygen atoms in total. The summed E-state index contributed by atoms with van der Waals surface area (Å²) in [5.41, 5.74) is 0. The molecular formula is C77H149NO18. The van der Waals surface area contributed by atoms with Gasteiger partial charge in [0.1, 0.15) is 73.2 Å². The zero-order valence-corrected chi connectivity index (χ0v) is 60.9. The van der Waals surface area contributed by atoms with Gasteiger partial charge in [0.25, 0.3) is 0 Å². The first kappa shape index (κ1) is 89.0. The highest BCUT2D eigenvalue weighted by Gasteiger charge is 2.54. The third-order valence-electron chi connectivity index (χ3n) is 20.7. The second kappa shape index (κ2) is 59.2. The van der Waals surface area contributed by atoms with Crippen LogP contribution in [0, 0.1) is 0 Å². The van der Waals surface area contributed by atoms with Gasteiger partial charge in [0.2, 0.25) is 5.91 Å². The molecule has 0 aromatic carbocycles. The normalized spacial score (nSPS) is 26.9. The number of hydrogen-bond donors (Lipinski definition) is 12. The molecule has 1 amide bonds. The highest BCUT2D eigenvalue weighted by atomic mass is 16.8. The van der Waals surface area contributed by atoms with Gasteiger partial charge in [0.15, 0.2) is 18.9 Å². The molecule has 12 N–H and O–H groups in total. The van der Waals surface area contributed by atoms with Crippen LogP contribution >= 0.6 is 0 Å². The van der Waals surface area contributed by atoms with Crippen LogP contribution in [0.3, 0.4) is 0 Å². The fourth-order valence-corrected chi connectivity index (χ4v) is 14.2. The van der Waals surface area contributed by atoms with Gasteiger partial charge >= 0.3 is 0 Å². The van der Waals surface area contributed by atoms with Crippen molar-refractivity contribution in [1.29, 1.82) is 0 Å². The standard InChI is InChI=1S/C77H149NO18/c1-3-5-7-9-11-13-15-17-19-21-23-24-25-26-27-28-29-30-31-32-33-34-35-37-38-40-42-44-46-48-50-52-54-61(82)60(78-65(83)55-53-51-49-47-45-43-41-39-36-22-20-18-16-14-12-10-8-6-4-2)59-91-75-71(89)68(86)73(63(57-80)93-75)96-77-72(90)69(87)74(64(58-81)94-77)95-76-70(88)67(85)66(84)62(56-79)92-76/h60-64,66-77,79-82,84-90H,3-59H2,1-2H3,(H,78,83). The van der Waals surface area contributed by atoms with Crippen LogP contribution in [0.4, 0.5) is 0 Å². The van der Waals surface area contributed by atoms with Crippen molar-refractivity contribution in [1.82, 2.24) is 5.32 Å². The molecule has 3 aliphatic rings. The lowest BCUT2D eigenvalue weighted by Crippen LogP contribution is -2.66. The summed E-state index contributed by atoms with van der Waals surface area (Å²) in [5.74, 6) is -0.234. The van der Waals surface area contributed by atoms with Crippen molar-refractivity contribution in [2.75, 3.05) is 26.4 Å². The van der Waals surface area contributed by atoms with Gasteiger partial charge in [0, 0.05) is 6.42 Å². The number of nitrogens with one attached hydrogen (secondary N) is 1. The maximum absolute atomic E-state index is 13.5. The lowest BCUT2D eigenvalue weighted by molar-refractivity contribution is -0.379. The third-order valence-corrected chi connectivity index (χ3v) is 20.7. The Balaban J connectivity index is 1.35. The van der Waals surface area contributed by atoms with Crippen molar-refractivity contribution in [3.63, 3.8) is 0 Å². The van der Waals surface area contributed by atoms with E-state index in [0.717, 1.165) is 44.9 Å². The number of amides is 1. The van der Waals surface area contributed by atoms with E-state index in [1.165, 1.54) is 276 Å². The van der Waals surface area contributed by atoms with Gasteiger partial charge in [-0.15, -0.1) is 0 Å². The molecule has 570 valence electrons. The van der Waals surface area contributed by atoms with Crippen molar-refractivity contribution in [2.45, 2.75) is 458 Å². The minimum absolute atomic E-state index is 0.234. The van der Waals surface area contributed by atoms with Gasteiger partial charge < -0.3 is 89.9 Å². The van der Waals surface area contributed by atoms with E-state index in [1.807, 2.05) is 0 Å². The van der Waals surface area contributed by atoms with Gasteiger partial charge in [-0.05, 0) is 12.8 Å². The first-order valence-corrected chi connectivity index (χ1v) is 40.3. The fourth-order valence-electron chi connectivity index (χ4n) is 14.2. The first-order valence-electron chi connectivity index (χ1n) is 40.3. The minimum Gasteiger partial charge on any atom is -0.394 e. The van der Waals surface area contributed by atoms with Crippen molar-refractivity contribution < 1.29 is 89.4 Å². The zero-order valence-electron chi connectivity index (χ0n) is 60.9. The molecule has 19 heteroatoms. The maximum atomic E-state index is 13.5. The number of carbonyl (C=O) groups is 1. The largest absolute Gasteiger partial charge is 0.394 e. The number of rotatable bonds is 65. The van der Waals surface area contributed by atoms with Gasteiger partial charge in [-0.1, -0.05) is 335 Å². The molecule has 3 saturated heterocycles. The average molecular weight is 1380 g/mol. The highest BCUT2D eigenvalue weighted by molar-refractivity contribution is 5.76. The van der Waals surface area contributed by atoms with Crippen molar-refractivity contribution >= 4 is 5.91 Å². The first-order chi connectivity index (χ1) is 46.8. The van der Waals surface area contributed by atoms with Crippen LogP contribution in [0.25, 0.3) is 0 Å². The Kier molecular flexibility index (Phi) is 54.9. The van der Waals surface area contributed by atoms with E-state index in [0.29, 0.717) is 12.8 Å². The predicted molar refractivity (Wildman–Crippen MR) is 379 cm³/mol. The Bertz CT molecular complexity index is 1740. The van der Waals surface area contributed by atoms with Crippen LogP contribution in [0.1, 0.15) is 354 Å². The summed E-state index contributed by atoms with van der Waals surface area (Å²) in [6, 6.07) is -0.883. The molecule has 3 fully saturated rings. The van der Waals surface area contributed by atoms with Gasteiger partial charge in [-0.25, -0.2) is 0 Å². The summed E-state index contributed by atoms with van der Waals surface area (Å²) < 4.78 is 34.5. The molecule has 96 heavy (non-hydrogen) atoms. The van der Waals surface area contributed by atoms with Crippen LogP contribution in [-0.2, 0) is 33.2 Å². The monoisotopic (exact) mass is 1380 g/mol. The highest BCUT2D eigenvalue weighted by Crippen LogP contribution is 2.33. The Morgan fingerprint density at radius 1 is 0.333 bits per heavy atom. The Morgan fingerprint density at radius 3 is 0.906 bits per heavy atom. The molecule has 0 saturated carbocycles. The second-order valence-electron chi connectivity index (χ2n) is 29.2. The maximum Gasteiger partial charge on any atom is 0.220 e. The number of unbranched alkanes of at least 4 members (excludes halogenated alkanes) is 49. The number of aliphatic hydroxyl groups excluding tert-OH is 11. The quantitative estimate of drug-likeness (QED) is 0.0252. The lowest BCUT2D eigenvalue weighted by Gasteiger charge is -2.48. The summed E-state index contributed by atoms with van der Waals surface area (Å²) >= 11 is 0. The van der Waals surface area contributed by atoms with Crippen molar-refractivity contribution in [2.24, 2.45) is 0 Å². The zero-order chi connectivity index (χ0) is 69.6. The van der Waals surface area contributed by atoms with E-state index in [2.05, 4.69) is 19.2 Å². The molecule has 3 rings (SSSR count). The average Bonchev–Trinajstić information content (AvgIpc) is 0.786. The van der Waals surface area contributed by atoms with E-state index in [4.69, 9.17) is 28.4 Å². The molecule has 17 atom stereocenters. The molecule has 0 bridgehead atoms. The molecule has 0 aliphatic carbocycles. The Morgan fingerprint density at radius 2 is 0.594 bits per heavy atom. The van der Waals surface area contributed by atoms with Crippen LogP contribution in [-0.4, -0.2) is 193 Å². The van der Waals surface area contributed by atoms with Crippen LogP contribution in [0.2, 0.25) is 0 Å². The van der Waals surface area contributed by atoms with Crippen LogP contribution in [0.5, 0.6) is 0 Å². The van der Waals surface area contributed by atoms with Crippen molar-refractivity contribution in [3.05, 3.63) is 0 Å². The lowest BCUT2D eigenvalue weighted by atomic mass is 9.96. The molecule has 0 aromatic rings. The van der Waals surface area contributed by atoms with Crippen LogP contribution in [0.15, 0.2) is 0 Å². The molecule has 3 aliphatic heterocycles. The van der Waals surface area contributed by atoms with E-state index in [9.17, 15) is 61.0 Å². The van der Waals surface area contributed by atoms with Crippen molar-refractivity contribution in [3.8, 4) is 0 Å². The SMILES string of the molecule is CCCCCCCCCCCCCCCCCCCCCCCCCCCCCCCCCCC(O)C(COC1OC(CO)C(OC2OC(CO)C(OC3OC(CO)C(O)C(O)C3O)C(O)C2O)C(O)C1O)NC(=O)CCCCCCCCCCCCCCCCCCCCC. The predicted octanol–water partition coefficient (Wildman–Crippen LogP) is 13.0. The summed E-state index contributed by atoms with van der Waals surface area (Å²) in [4.78, 5) is 13.5. The fraction of sp³-hybridized carbons (Fsp3) is 0.987. The molecule has 0 aromatic heterocycles. The molecule has 3 heterocycles. The minimum atomic E-state index is -1.97. The number of aliphatic hydroxyl groups is 11. The number of hydrogen-bond acceptors (Lipinski definition) is 18. The smallest absolute Gasteiger partial charge is 0.220 e. The molecule has 17 unspecified atom stereocenters. The van der Waals surface area contributed by atoms with E-state index >= 15 is 0 Å².